The molecule has 0 saturated heterocycles. The van der Waals surface area contributed by atoms with E-state index in [9.17, 15) is 5.11 Å². The smallest absolute Gasteiger partial charge is 0.148 e. The third-order valence-corrected chi connectivity index (χ3v) is 14.8. The minimum absolute atomic E-state index is 0. The maximum Gasteiger partial charge on any atom is 0.148 e. The van der Waals surface area contributed by atoms with Crippen LogP contribution in [-0.4, -0.2) is 19.6 Å². The van der Waals surface area contributed by atoms with Gasteiger partial charge in [0.15, 0.2) is 0 Å². The first-order chi connectivity index (χ1) is 35.7. The molecule has 0 fully saturated rings. The first-order valence-corrected chi connectivity index (χ1v) is 25.6. The first kappa shape index (κ1) is 50.6. The van der Waals surface area contributed by atoms with E-state index in [2.05, 4.69) is 271 Å². The number of rotatable bonds is 10. The quantitative estimate of drug-likeness (QED) is 0.110. The van der Waals surface area contributed by atoms with Gasteiger partial charge in [0.2, 0.25) is 0 Å². The van der Waals surface area contributed by atoms with Crippen molar-refractivity contribution in [3.63, 3.8) is 0 Å². The molecule has 1 N–H and O–H groups in total. The van der Waals surface area contributed by atoms with Crippen molar-refractivity contribution in [2.75, 3.05) is 0 Å². The Morgan fingerprint density at radius 2 is 0.933 bits per heavy atom. The van der Waals surface area contributed by atoms with Gasteiger partial charge < -0.3 is 5.11 Å². The second-order valence-electron chi connectivity index (χ2n) is 21.7. The fourth-order valence-electron chi connectivity index (χ4n) is 10.4. The van der Waals surface area contributed by atoms with E-state index in [1.165, 1.54) is 22.3 Å². The summed E-state index contributed by atoms with van der Waals surface area (Å²) in [6.07, 6.45) is 1.90. The number of benzene rings is 9. The molecule has 372 valence electrons. The molecule has 0 atom stereocenters. The van der Waals surface area contributed by atoms with Crippen molar-refractivity contribution in [2.45, 2.75) is 64.7 Å². The topological polar surface area (TPSA) is 50.9 Å². The molecule has 0 aliphatic rings. The molecule has 5 heteroatoms. The van der Waals surface area contributed by atoms with Crippen molar-refractivity contribution in [1.29, 1.82) is 0 Å². The van der Waals surface area contributed by atoms with Gasteiger partial charge in [0.1, 0.15) is 11.6 Å². The minimum atomic E-state index is -0.342. The molecule has 0 radical (unpaired) electrons. The number of fused-ring (bicyclic) bond motifs is 1. The van der Waals surface area contributed by atoms with Crippen LogP contribution < -0.4 is 0 Å². The van der Waals surface area contributed by atoms with Crippen molar-refractivity contribution in [3.8, 4) is 78.6 Å². The van der Waals surface area contributed by atoms with Gasteiger partial charge in [-0.3, -0.25) is 9.55 Å². The van der Waals surface area contributed by atoms with E-state index in [4.69, 9.17) is 9.97 Å². The molecule has 0 saturated carbocycles. The van der Waals surface area contributed by atoms with Gasteiger partial charge in [-0.15, -0.1) is 23.8 Å². The van der Waals surface area contributed by atoms with Crippen LogP contribution in [0.4, 0.5) is 0 Å². The van der Waals surface area contributed by atoms with Gasteiger partial charge in [-0.2, -0.15) is 0 Å². The van der Waals surface area contributed by atoms with Crippen LogP contribution in [0, 0.1) is 6.07 Å². The van der Waals surface area contributed by atoms with Crippen LogP contribution in [0.2, 0.25) is 0 Å². The predicted octanol–water partition coefficient (Wildman–Crippen LogP) is 17.9. The van der Waals surface area contributed by atoms with Crippen LogP contribution in [0.1, 0.15) is 76.3 Å². The van der Waals surface area contributed by atoms with Crippen LogP contribution in [0.3, 0.4) is 0 Å². The largest absolute Gasteiger partial charge is 0.507 e. The Morgan fingerprint density at radius 1 is 0.413 bits per heavy atom. The van der Waals surface area contributed by atoms with Crippen molar-refractivity contribution >= 4 is 11.0 Å². The van der Waals surface area contributed by atoms with Crippen molar-refractivity contribution in [1.82, 2.24) is 14.5 Å². The standard InChI is InChI=1S/C70H60N3O.Pt/c1-68(2,3)57-35-37-63(60(45-57)49-23-14-9-15-24-49)73-64-30-20-29-59(66(64)72-67(73)61-46-58(69(4,5)6)36-38-65(61)74)52-41-51(47-21-12-8-13-22-47)42-53(43-52)62-44-50(39-40-71-62)48-31-33-56(34-32-48)70(7,54-25-16-10-17-26-54)55-27-18-11-19-28-55;/h8-42,44-46,74H,1-7H3;/q-1;. The van der Waals surface area contributed by atoms with Crippen LogP contribution >= 0.6 is 0 Å². The summed E-state index contributed by atoms with van der Waals surface area (Å²) in [6.45, 7) is 15.7. The molecule has 4 nitrogen and oxygen atoms in total. The Labute approximate surface area is 456 Å². The molecule has 0 unspecified atom stereocenters. The van der Waals surface area contributed by atoms with Gasteiger partial charge in [-0.1, -0.05) is 234 Å². The third-order valence-electron chi connectivity index (χ3n) is 14.8. The van der Waals surface area contributed by atoms with Crippen molar-refractivity contribution < 1.29 is 26.2 Å². The summed E-state index contributed by atoms with van der Waals surface area (Å²) in [5.74, 6) is 0.829. The Bertz CT molecular complexity index is 3760. The van der Waals surface area contributed by atoms with Crippen LogP contribution in [0.15, 0.2) is 231 Å². The molecular formula is C70H60N3OPt-. The molecule has 2 heterocycles. The van der Waals surface area contributed by atoms with Gasteiger partial charge in [-0.25, -0.2) is 4.98 Å². The van der Waals surface area contributed by atoms with Gasteiger partial charge in [0.25, 0.3) is 0 Å². The zero-order valence-electron chi connectivity index (χ0n) is 43.5. The minimum Gasteiger partial charge on any atom is -0.507 e. The summed E-state index contributed by atoms with van der Waals surface area (Å²) in [5, 5.41) is 11.9. The fraction of sp³-hybridized carbons (Fsp3) is 0.143. The van der Waals surface area contributed by atoms with E-state index in [0.717, 1.165) is 78.0 Å². The van der Waals surface area contributed by atoms with E-state index < -0.39 is 0 Å². The maximum absolute atomic E-state index is 11.9. The number of phenols is 1. The molecule has 0 bridgehead atoms. The third kappa shape index (κ3) is 9.84. The van der Waals surface area contributed by atoms with Gasteiger partial charge >= 0.3 is 0 Å². The Balaban J connectivity index is 0.00000641. The van der Waals surface area contributed by atoms with Crippen molar-refractivity contribution in [2.24, 2.45) is 0 Å². The summed E-state index contributed by atoms with van der Waals surface area (Å²) in [6, 6.07) is 83.3. The molecule has 11 aromatic rings. The molecule has 9 aromatic carbocycles. The van der Waals surface area contributed by atoms with Gasteiger partial charge in [0, 0.05) is 43.9 Å². The summed E-state index contributed by atoms with van der Waals surface area (Å²) < 4.78 is 2.25. The Morgan fingerprint density at radius 3 is 1.55 bits per heavy atom. The fourth-order valence-corrected chi connectivity index (χ4v) is 10.4. The van der Waals surface area contributed by atoms with Crippen LogP contribution in [0.5, 0.6) is 5.75 Å². The summed E-state index contributed by atoms with van der Waals surface area (Å²) in [7, 11) is 0. The zero-order chi connectivity index (χ0) is 51.2. The summed E-state index contributed by atoms with van der Waals surface area (Å²) in [4.78, 5) is 10.6. The second-order valence-corrected chi connectivity index (χ2v) is 21.7. The zero-order valence-corrected chi connectivity index (χ0v) is 45.8. The van der Waals surface area contributed by atoms with Gasteiger partial charge in [-0.05, 0) is 104 Å². The molecular weight excluding hydrogens is 1090 g/mol. The predicted molar refractivity (Wildman–Crippen MR) is 308 cm³/mol. The summed E-state index contributed by atoms with van der Waals surface area (Å²) in [5.41, 5.74) is 18.8. The number of para-hydroxylation sites is 1. The molecule has 0 spiro atoms. The van der Waals surface area contributed by atoms with Crippen LogP contribution in [0.25, 0.3) is 83.9 Å². The van der Waals surface area contributed by atoms with E-state index in [1.54, 1.807) is 0 Å². The number of pyridine rings is 1. The molecule has 0 aliphatic carbocycles. The van der Waals surface area contributed by atoms with Crippen molar-refractivity contribution in [3.05, 3.63) is 265 Å². The average molecular weight is 1150 g/mol. The number of imidazole rings is 1. The Kier molecular flexibility index (Phi) is 13.8. The number of phenolic OH excluding ortho intramolecular Hbond substituents is 1. The number of nitrogens with zero attached hydrogens (tertiary/aromatic N) is 3. The molecule has 2 aromatic heterocycles. The molecule has 0 aliphatic heterocycles. The van der Waals surface area contributed by atoms with Gasteiger partial charge in [0.05, 0.1) is 22.3 Å². The summed E-state index contributed by atoms with van der Waals surface area (Å²) >= 11 is 0. The van der Waals surface area contributed by atoms with E-state index >= 15 is 0 Å². The molecule has 75 heavy (non-hydrogen) atoms. The average Bonchev–Trinajstić information content (AvgIpc) is 3.84. The van der Waals surface area contributed by atoms with E-state index in [1.807, 2.05) is 18.3 Å². The van der Waals surface area contributed by atoms with E-state index in [-0.39, 0.29) is 43.1 Å². The van der Waals surface area contributed by atoms with E-state index in [0.29, 0.717) is 11.4 Å². The Hall–Kier alpha value is -7.91. The first-order valence-electron chi connectivity index (χ1n) is 25.6. The van der Waals surface area contributed by atoms with Crippen LogP contribution in [-0.2, 0) is 37.3 Å². The SMILES string of the molecule is CC(C)(C)c1ccc(O)c(-c2nc3c(-c4[c-]c(-c5cc(-c6ccc(C(C)(c7ccccc7)c7ccccc7)cc6)ccn5)cc(-c5ccccc5)c4)cccc3n2-c2ccc(C(C)(C)C)cc2-c2ccccc2)c1.[Pt]. The number of hydrogen-bond acceptors (Lipinski definition) is 3. The maximum atomic E-state index is 11.9. The normalized spacial score (nSPS) is 11.9. The number of hydrogen-bond donors (Lipinski definition) is 1. The monoisotopic (exact) mass is 1150 g/mol. The second kappa shape index (κ2) is 20.4. The number of aromatic nitrogens is 3. The molecule has 11 rings (SSSR count). The molecule has 0 amide bonds. The number of aromatic hydroxyl groups is 1.